The van der Waals surface area contributed by atoms with E-state index < -0.39 is 7.82 Å². The van der Waals surface area contributed by atoms with Crippen molar-refractivity contribution in [3.05, 3.63) is 0 Å². The predicted molar refractivity (Wildman–Crippen MR) is 127 cm³/mol. The molecule has 0 spiro atoms. The largest absolute Gasteiger partial charge is 0.472 e. The van der Waals surface area contributed by atoms with Crippen molar-refractivity contribution in [3.63, 3.8) is 0 Å². The maximum atomic E-state index is 11.9. The van der Waals surface area contributed by atoms with Crippen molar-refractivity contribution in [2.24, 2.45) is 46.8 Å². The van der Waals surface area contributed by atoms with Gasteiger partial charge in [0.2, 0.25) is 0 Å². The van der Waals surface area contributed by atoms with E-state index in [-0.39, 0.29) is 12.2 Å². The molecule has 3 unspecified atom stereocenters. The van der Waals surface area contributed by atoms with Gasteiger partial charge in [-0.05, 0) is 131 Å². The molecule has 0 aromatic carbocycles. The third-order valence-corrected chi connectivity index (χ3v) is 11.3. The molecule has 0 amide bonds. The number of aliphatic hydroxyl groups is 1. The van der Waals surface area contributed by atoms with Gasteiger partial charge in [0, 0.05) is 0 Å². The van der Waals surface area contributed by atoms with Crippen molar-refractivity contribution < 1.29 is 23.6 Å². The summed E-state index contributed by atoms with van der Waals surface area (Å²) in [6.45, 7) is 8.73. The van der Waals surface area contributed by atoms with Gasteiger partial charge in [-0.15, -0.1) is 0 Å². The number of rotatable bonds is 8. The van der Waals surface area contributed by atoms with E-state index in [1.54, 1.807) is 13.8 Å². The Morgan fingerprint density at radius 2 is 1.72 bits per heavy atom. The molecule has 4 aliphatic carbocycles. The highest BCUT2D eigenvalue weighted by molar-refractivity contribution is 7.47. The van der Waals surface area contributed by atoms with Crippen LogP contribution in [0.3, 0.4) is 0 Å². The molecule has 0 saturated heterocycles. The summed E-state index contributed by atoms with van der Waals surface area (Å²) < 4.78 is 22.1. The van der Waals surface area contributed by atoms with Crippen molar-refractivity contribution in [1.82, 2.24) is 0 Å². The average molecular weight is 471 g/mol. The number of hydrogen-bond donors (Lipinski definition) is 2. The van der Waals surface area contributed by atoms with E-state index in [1.165, 1.54) is 44.9 Å². The summed E-state index contributed by atoms with van der Waals surface area (Å²) in [6, 6.07) is 0. The van der Waals surface area contributed by atoms with E-state index in [1.807, 2.05) is 0 Å². The van der Waals surface area contributed by atoms with Gasteiger partial charge < -0.3 is 10.00 Å². The maximum Gasteiger partial charge on any atom is 0.472 e. The van der Waals surface area contributed by atoms with Crippen LogP contribution in [0.4, 0.5) is 0 Å². The second-order valence-electron chi connectivity index (χ2n) is 12.2. The van der Waals surface area contributed by atoms with E-state index in [0.29, 0.717) is 17.9 Å². The predicted octanol–water partition coefficient (Wildman–Crippen LogP) is 6.57. The number of phosphoric acid groups is 1. The van der Waals surface area contributed by atoms with Crippen LogP contribution in [0.1, 0.15) is 98.3 Å². The van der Waals surface area contributed by atoms with Crippen molar-refractivity contribution in [2.75, 3.05) is 6.61 Å². The first kappa shape index (κ1) is 25.2. The van der Waals surface area contributed by atoms with Gasteiger partial charge in [-0.2, -0.15) is 0 Å². The van der Waals surface area contributed by atoms with Crippen LogP contribution in [-0.4, -0.2) is 28.8 Å². The van der Waals surface area contributed by atoms with E-state index >= 15 is 0 Å². The van der Waals surface area contributed by atoms with Crippen LogP contribution in [0.5, 0.6) is 0 Å². The van der Waals surface area contributed by atoms with Crippen molar-refractivity contribution in [2.45, 2.75) is 111 Å². The van der Waals surface area contributed by atoms with Gasteiger partial charge in [0.05, 0.1) is 18.8 Å². The normalized spacial score (nSPS) is 44.4. The summed E-state index contributed by atoms with van der Waals surface area (Å²) in [4.78, 5) is 9.74. The molecule has 10 atom stereocenters. The molecule has 32 heavy (non-hydrogen) atoms. The van der Waals surface area contributed by atoms with E-state index in [9.17, 15) is 14.6 Å². The molecule has 0 aromatic heterocycles. The van der Waals surface area contributed by atoms with Gasteiger partial charge in [-0.1, -0.05) is 13.8 Å². The van der Waals surface area contributed by atoms with Crippen molar-refractivity contribution in [3.8, 4) is 0 Å². The molecule has 186 valence electrons. The molecule has 4 saturated carbocycles. The summed E-state index contributed by atoms with van der Waals surface area (Å²) in [6.07, 6.45) is 13.0. The Balaban J connectivity index is 1.29. The summed E-state index contributed by atoms with van der Waals surface area (Å²) >= 11 is 0. The Morgan fingerprint density at radius 3 is 2.47 bits per heavy atom. The highest BCUT2D eigenvalue weighted by Gasteiger charge is 2.56. The van der Waals surface area contributed by atoms with Crippen LogP contribution in [0.2, 0.25) is 0 Å². The lowest BCUT2D eigenvalue weighted by molar-refractivity contribution is -0.109. The first-order valence-corrected chi connectivity index (χ1v) is 14.9. The Morgan fingerprint density at radius 1 is 1.00 bits per heavy atom. The topological polar surface area (TPSA) is 76.0 Å². The van der Waals surface area contributed by atoms with Gasteiger partial charge >= 0.3 is 7.82 Å². The number of aliphatic hydroxyl groups excluding tert-OH is 1. The first-order chi connectivity index (χ1) is 15.1. The maximum absolute atomic E-state index is 11.9. The SMILES string of the molecule is CC(C)OP(=O)(O)OCCC[C@@H](C)[C@H]1CC[C@@H]2C1CC[C@H]1[C@H]2CCC2C[C@H](O)CC[C@@]21C. The van der Waals surface area contributed by atoms with E-state index in [2.05, 4.69) is 13.8 Å². The standard InChI is InChI=1S/C26H47O5P/c1-17(2)31-32(28,29)30-15-5-6-18(3)21-9-10-23-22(21)11-12-25-24(23)8-7-19-16-20(27)13-14-26(19,25)4/h17-25,27H,5-16H2,1-4H3,(H,28,29)/t18-,19?,20-,21-,22?,23-,24+,25+,26+/m1/s1. The average Bonchev–Trinajstić information content (AvgIpc) is 3.15. The third kappa shape index (κ3) is 5.18. The number of hydrogen-bond acceptors (Lipinski definition) is 4. The molecule has 0 aromatic rings. The summed E-state index contributed by atoms with van der Waals surface area (Å²) in [5.41, 5.74) is 0.463. The lowest BCUT2D eigenvalue weighted by Crippen LogP contribution is -2.52. The van der Waals surface area contributed by atoms with Gasteiger partial charge in [0.1, 0.15) is 0 Å². The molecular weight excluding hydrogens is 423 g/mol. The highest BCUT2D eigenvalue weighted by Crippen LogP contribution is 2.64. The van der Waals surface area contributed by atoms with Crippen LogP contribution >= 0.6 is 7.82 Å². The monoisotopic (exact) mass is 470 g/mol. The molecule has 0 heterocycles. The molecular formula is C26H47O5P. The lowest BCUT2D eigenvalue weighted by atomic mass is 9.47. The zero-order valence-corrected chi connectivity index (χ0v) is 21.6. The Hall–Kier alpha value is 0.0700. The zero-order chi connectivity index (χ0) is 23.1. The van der Waals surface area contributed by atoms with E-state index in [4.69, 9.17) is 9.05 Å². The van der Waals surface area contributed by atoms with Crippen LogP contribution in [-0.2, 0) is 13.6 Å². The molecule has 0 bridgehead atoms. The van der Waals surface area contributed by atoms with Crippen LogP contribution in [0.15, 0.2) is 0 Å². The minimum Gasteiger partial charge on any atom is -0.393 e. The van der Waals surface area contributed by atoms with Crippen LogP contribution < -0.4 is 0 Å². The molecule has 5 nitrogen and oxygen atoms in total. The second-order valence-corrected chi connectivity index (χ2v) is 13.6. The number of fused-ring (bicyclic) bond motifs is 5. The van der Waals surface area contributed by atoms with Crippen molar-refractivity contribution in [1.29, 1.82) is 0 Å². The molecule has 4 rings (SSSR count). The van der Waals surface area contributed by atoms with Crippen molar-refractivity contribution >= 4 is 7.82 Å². The number of phosphoric ester groups is 1. The third-order valence-electron chi connectivity index (χ3n) is 10.1. The Labute approximate surface area is 195 Å². The Bertz CT molecular complexity index is 683. The molecule has 4 fully saturated rings. The molecule has 0 radical (unpaired) electrons. The fourth-order valence-electron chi connectivity index (χ4n) is 8.74. The smallest absolute Gasteiger partial charge is 0.393 e. The second kappa shape index (κ2) is 9.97. The fraction of sp³-hybridized carbons (Fsp3) is 1.00. The van der Waals surface area contributed by atoms with Gasteiger partial charge in [0.15, 0.2) is 0 Å². The molecule has 6 heteroatoms. The van der Waals surface area contributed by atoms with Gasteiger partial charge in [-0.3, -0.25) is 9.05 Å². The minimum absolute atomic E-state index is 0.0571. The van der Waals surface area contributed by atoms with E-state index in [0.717, 1.165) is 61.2 Å². The highest BCUT2D eigenvalue weighted by atomic mass is 31.2. The van der Waals surface area contributed by atoms with Gasteiger partial charge in [-0.25, -0.2) is 4.57 Å². The summed E-state index contributed by atoms with van der Waals surface area (Å²) in [7, 11) is -3.91. The first-order valence-electron chi connectivity index (χ1n) is 13.4. The van der Waals surface area contributed by atoms with Gasteiger partial charge in [0.25, 0.3) is 0 Å². The fourth-order valence-corrected chi connectivity index (χ4v) is 9.69. The summed E-state index contributed by atoms with van der Waals surface area (Å²) in [5, 5.41) is 10.2. The summed E-state index contributed by atoms with van der Waals surface area (Å²) in [5.74, 6) is 5.73. The quantitative estimate of drug-likeness (QED) is 0.310. The van der Waals surface area contributed by atoms with Crippen LogP contribution in [0.25, 0.3) is 0 Å². The Kier molecular flexibility index (Phi) is 7.85. The van der Waals surface area contributed by atoms with Crippen LogP contribution in [0, 0.1) is 46.8 Å². The minimum atomic E-state index is -3.91. The molecule has 2 N–H and O–H groups in total. The molecule has 0 aliphatic heterocycles. The zero-order valence-electron chi connectivity index (χ0n) is 20.7. The molecule has 4 aliphatic rings. The lowest BCUT2D eigenvalue weighted by Gasteiger charge is -2.59.